The van der Waals surface area contributed by atoms with Gasteiger partial charge in [0.25, 0.3) is 0 Å². The molecule has 0 bridgehead atoms. The van der Waals surface area contributed by atoms with Gasteiger partial charge in [-0.1, -0.05) is 5.16 Å². The molecular weight excluding hydrogens is 326 g/mol. The fourth-order valence-corrected chi connectivity index (χ4v) is 3.54. The standard InChI is InChI=1S/C16H15N5O2S/c1-9-4-5-13(24-9)11-6-12-15(17-7-11)20(3)16(22)21(12)8-14-18-10(2)19-23-14/h4-7H,8H2,1-3H3. The maximum atomic E-state index is 12.5. The molecule has 0 atom stereocenters. The third-order valence-electron chi connectivity index (χ3n) is 3.86. The van der Waals surface area contributed by atoms with Gasteiger partial charge in [-0.3, -0.25) is 9.13 Å². The van der Waals surface area contributed by atoms with Gasteiger partial charge in [0.1, 0.15) is 6.54 Å². The summed E-state index contributed by atoms with van der Waals surface area (Å²) in [7, 11) is 1.71. The smallest absolute Gasteiger partial charge is 0.330 e. The van der Waals surface area contributed by atoms with Crippen molar-refractivity contribution < 1.29 is 4.52 Å². The van der Waals surface area contributed by atoms with Crippen molar-refractivity contribution in [1.82, 2.24) is 24.3 Å². The molecule has 4 aromatic rings. The zero-order chi connectivity index (χ0) is 16.8. The van der Waals surface area contributed by atoms with E-state index in [4.69, 9.17) is 4.52 Å². The number of aryl methyl sites for hydroxylation is 3. The molecule has 4 aromatic heterocycles. The highest BCUT2D eigenvalue weighted by atomic mass is 32.1. The van der Waals surface area contributed by atoms with E-state index in [0.29, 0.717) is 17.4 Å². The Labute approximate surface area is 141 Å². The van der Waals surface area contributed by atoms with Crippen LogP contribution < -0.4 is 5.69 Å². The van der Waals surface area contributed by atoms with E-state index in [0.717, 1.165) is 16.0 Å². The number of hydrogen-bond acceptors (Lipinski definition) is 6. The van der Waals surface area contributed by atoms with Gasteiger partial charge in [-0.25, -0.2) is 9.78 Å². The van der Waals surface area contributed by atoms with Crippen molar-refractivity contribution >= 4 is 22.5 Å². The minimum absolute atomic E-state index is 0.159. The van der Waals surface area contributed by atoms with E-state index in [1.54, 1.807) is 36.1 Å². The second kappa shape index (κ2) is 5.41. The van der Waals surface area contributed by atoms with Gasteiger partial charge in [-0.15, -0.1) is 11.3 Å². The average Bonchev–Trinajstić information content (AvgIpc) is 3.24. The normalized spacial score (nSPS) is 11.5. The summed E-state index contributed by atoms with van der Waals surface area (Å²) in [6.45, 7) is 4.04. The summed E-state index contributed by atoms with van der Waals surface area (Å²) in [5.41, 5.74) is 2.21. The lowest BCUT2D eigenvalue weighted by Gasteiger charge is -2.01. The summed E-state index contributed by atoms with van der Waals surface area (Å²) in [6.07, 6.45) is 1.80. The van der Waals surface area contributed by atoms with Crippen LogP contribution in [0.4, 0.5) is 0 Å². The molecule has 0 saturated carbocycles. The van der Waals surface area contributed by atoms with Gasteiger partial charge in [-0.05, 0) is 32.0 Å². The molecule has 0 aliphatic rings. The van der Waals surface area contributed by atoms with E-state index in [-0.39, 0.29) is 12.2 Å². The lowest BCUT2D eigenvalue weighted by atomic mass is 10.2. The summed E-state index contributed by atoms with van der Waals surface area (Å²) in [6, 6.07) is 6.12. The third kappa shape index (κ3) is 2.35. The molecule has 7 nitrogen and oxygen atoms in total. The molecule has 0 spiro atoms. The molecule has 0 aliphatic heterocycles. The summed E-state index contributed by atoms with van der Waals surface area (Å²) in [5, 5.41) is 3.77. The van der Waals surface area contributed by atoms with E-state index in [1.807, 2.05) is 6.07 Å². The van der Waals surface area contributed by atoms with Crippen LogP contribution in [0.25, 0.3) is 21.6 Å². The van der Waals surface area contributed by atoms with E-state index < -0.39 is 0 Å². The molecular formula is C16H15N5O2S. The zero-order valence-electron chi connectivity index (χ0n) is 13.5. The van der Waals surface area contributed by atoms with Crippen molar-refractivity contribution in [2.45, 2.75) is 20.4 Å². The van der Waals surface area contributed by atoms with Crippen LogP contribution in [0.1, 0.15) is 16.6 Å². The van der Waals surface area contributed by atoms with Crippen molar-refractivity contribution in [2.24, 2.45) is 7.05 Å². The van der Waals surface area contributed by atoms with Crippen LogP contribution in [0.5, 0.6) is 0 Å². The number of aromatic nitrogens is 5. The zero-order valence-corrected chi connectivity index (χ0v) is 14.3. The number of pyridine rings is 1. The molecule has 0 saturated heterocycles. The second-order valence-electron chi connectivity index (χ2n) is 5.64. The number of nitrogens with zero attached hydrogens (tertiary/aromatic N) is 5. The van der Waals surface area contributed by atoms with Crippen LogP contribution >= 0.6 is 11.3 Å². The largest absolute Gasteiger partial charge is 0.337 e. The van der Waals surface area contributed by atoms with Crippen LogP contribution in [-0.2, 0) is 13.6 Å². The second-order valence-corrected chi connectivity index (χ2v) is 6.93. The third-order valence-corrected chi connectivity index (χ3v) is 4.91. The van der Waals surface area contributed by atoms with Gasteiger partial charge >= 0.3 is 5.69 Å². The monoisotopic (exact) mass is 341 g/mol. The first-order chi connectivity index (χ1) is 11.5. The molecule has 4 rings (SSSR count). The van der Waals surface area contributed by atoms with Crippen molar-refractivity contribution in [1.29, 1.82) is 0 Å². The Kier molecular flexibility index (Phi) is 3.34. The fraction of sp³-hybridized carbons (Fsp3) is 0.250. The van der Waals surface area contributed by atoms with E-state index >= 15 is 0 Å². The molecule has 0 fully saturated rings. The highest BCUT2D eigenvalue weighted by molar-refractivity contribution is 7.15. The van der Waals surface area contributed by atoms with Crippen LogP contribution in [0.2, 0.25) is 0 Å². The van der Waals surface area contributed by atoms with E-state index in [9.17, 15) is 4.79 Å². The van der Waals surface area contributed by atoms with Gasteiger partial charge in [0.05, 0.1) is 5.52 Å². The van der Waals surface area contributed by atoms with Crippen molar-refractivity contribution in [3.8, 4) is 10.4 Å². The first-order valence-electron chi connectivity index (χ1n) is 7.44. The Balaban J connectivity index is 1.88. The Morgan fingerprint density at radius 3 is 2.79 bits per heavy atom. The van der Waals surface area contributed by atoms with E-state index in [2.05, 4.69) is 34.2 Å². The molecule has 0 unspecified atom stereocenters. The maximum Gasteiger partial charge on any atom is 0.330 e. The van der Waals surface area contributed by atoms with Crippen molar-refractivity contribution in [3.05, 3.63) is 51.5 Å². The first kappa shape index (κ1) is 14.8. The first-order valence-corrected chi connectivity index (χ1v) is 8.26. The van der Waals surface area contributed by atoms with Crippen molar-refractivity contribution in [3.63, 3.8) is 0 Å². The number of fused-ring (bicyclic) bond motifs is 1. The summed E-state index contributed by atoms with van der Waals surface area (Å²) >= 11 is 1.70. The predicted molar refractivity (Wildman–Crippen MR) is 91.2 cm³/mol. The topological polar surface area (TPSA) is 78.7 Å². The highest BCUT2D eigenvalue weighted by Gasteiger charge is 2.16. The Morgan fingerprint density at radius 1 is 1.29 bits per heavy atom. The summed E-state index contributed by atoms with van der Waals surface area (Å²) in [4.78, 5) is 23.6. The molecule has 4 heterocycles. The minimum atomic E-state index is -0.159. The summed E-state index contributed by atoms with van der Waals surface area (Å²) < 4.78 is 8.29. The van der Waals surface area contributed by atoms with Gasteiger partial charge in [0.15, 0.2) is 11.5 Å². The van der Waals surface area contributed by atoms with Gasteiger partial charge in [0.2, 0.25) is 5.89 Å². The molecule has 0 aliphatic carbocycles. The molecule has 0 N–H and O–H groups in total. The predicted octanol–water partition coefficient (Wildman–Crippen LogP) is 2.51. The maximum absolute atomic E-state index is 12.5. The minimum Gasteiger partial charge on any atom is -0.337 e. The van der Waals surface area contributed by atoms with Crippen LogP contribution in [-0.4, -0.2) is 24.3 Å². The van der Waals surface area contributed by atoms with Crippen LogP contribution in [0.15, 0.2) is 33.7 Å². The lowest BCUT2D eigenvalue weighted by molar-refractivity contribution is 0.367. The molecule has 0 amide bonds. The van der Waals surface area contributed by atoms with Gasteiger partial charge in [-0.2, -0.15) is 4.98 Å². The Morgan fingerprint density at radius 2 is 2.12 bits per heavy atom. The van der Waals surface area contributed by atoms with Crippen LogP contribution in [0, 0.1) is 13.8 Å². The summed E-state index contributed by atoms with van der Waals surface area (Å²) in [5.74, 6) is 0.950. The van der Waals surface area contributed by atoms with Gasteiger partial charge < -0.3 is 4.52 Å². The lowest BCUT2D eigenvalue weighted by Crippen LogP contribution is -2.22. The van der Waals surface area contributed by atoms with Crippen molar-refractivity contribution in [2.75, 3.05) is 0 Å². The van der Waals surface area contributed by atoms with Crippen LogP contribution in [0.3, 0.4) is 0 Å². The Hall–Kier alpha value is -2.74. The fourth-order valence-electron chi connectivity index (χ4n) is 2.69. The van der Waals surface area contributed by atoms with Gasteiger partial charge in [0, 0.05) is 28.6 Å². The number of thiophene rings is 1. The molecule has 0 aromatic carbocycles. The molecule has 8 heteroatoms. The molecule has 122 valence electrons. The van der Waals surface area contributed by atoms with E-state index in [1.165, 1.54) is 9.44 Å². The quantitative estimate of drug-likeness (QED) is 0.572. The molecule has 24 heavy (non-hydrogen) atoms. The Bertz CT molecular complexity index is 1100. The molecule has 0 radical (unpaired) electrons. The highest BCUT2D eigenvalue weighted by Crippen LogP contribution is 2.29. The average molecular weight is 341 g/mol. The SMILES string of the molecule is Cc1noc(Cn2c(=O)n(C)c3ncc(-c4ccc(C)s4)cc32)n1. The number of rotatable bonds is 3. The number of imidazole rings is 1. The number of hydrogen-bond donors (Lipinski definition) is 0.